The number of alkyl halides is 2. The summed E-state index contributed by atoms with van der Waals surface area (Å²) >= 11 is 1.06. The van der Waals surface area contributed by atoms with Crippen molar-refractivity contribution >= 4 is 27.2 Å². The quantitative estimate of drug-likeness (QED) is 0.490. The largest absolute Gasteiger partial charge is 0.435 e. The summed E-state index contributed by atoms with van der Waals surface area (Å²) in [5.41, 5.74) is 1.57. The molecular weight excluding hydrogens is 470 g/mol. The highest BCUT2D eigenvalue weighted by molar-refractivity contribution is 7.93. The number of hydrogen-bond donors (Lipinski definition) is 2. The maximum atomic E-state index is 13.1. The van der Waals surface area contributed by atoms with E-state index in [0.717, 1.165) is 11.3 Å². The molecule has 0 saturated carbocycles. The number of ether oxygens (including phenoxy) is 1. The first kappa shape index (κ1) is 27.4. The van der Waals surface area contributed by atoms with Crippen LogP contribution in [-0.4, -0.2) is 21.8 Å². The first-order valence-electron chi connectivity index (χ1n) is 10.6. The first-order valence-corrected chi connectivity index (χ1v) is 12.9. The molecule has 1 unspecified atom stereocenters. The van der Waals surface area contributed by atoms with Gasteiger partial charge in [0.05, 0.1) is 12.0 Å². The van der Waals surface area contributed by atoms with Crippen molar-refractivity contribution in [2.75, 3.05) is 0 Å². The van der Waals surface area contributed by atoms with Crippen LogP contribution >= 0.6 is 11.3 Å². The van der Waals surface area contributed by atoms with Gasteiger partial charge in [-0.2, -0.15) is 8.78 Å². The summed E-state index contributed by atoms with van der Waals surface area (Å²) in [4.78, 5) is 13.5. The second-order valence-corrected chi connectivity index (χ2v) is 12.2. The van der Waals surface area contributed by atoms with Crippen LogP contribution in [0.25, 0.3) is 0 Å². The van der Waals surface area contributed by atoms with Gasteiger partial charge in [0, 0.05) is 4.88 Å². The maximum absolute atomic E-state index is 13.1. The van der Waals surface area contributed by atoms with Gasteiger partial charge < -0.3 is 9.84 Å². The van der Waals surface area contributed by atoms with Gasteiger partial charge in [-0.15, -0.1) is 15.7 Å². The van der Waals surface area contributed by atoms with E-state index in [2.05, 4.69) is 9.10 Å². The van der Waals surface area contributed by atoms with E-state index in [0.29, 0.717) is 27.1 Å². The van der Waals surface area contributed by atoms with Crippen molar-refractivity contribution in [3.8, 4) is 5.75 Å². The zero-order valence-corrected chi connectivity index (χ0v) is 21.6. The summed E-state index contributed by atoms with van der Waals surface area (Å²) in [5, 5.41) is 16.2. The van der Waals surface area contributed by atoms with Gasteiger partial charge in [0.25, 0.3) is 5.91 Å². The van der Waals surface area contributed by atoms with Gasteiger partial charge in [-0.05, 0) is 73.1 Å². The number of benzene rings is 1. The third kappa shape index (κ3) is 6.81. The lowest BCUT2D eigenvalue weighted by molar-refractivity contribution is -0.117. The summed E-state index contributed by atoms with van der Waals surface area (Å²) in [6.07, 6.45) is -0.174. The highest BCUT2D eigenvalue weighted by atomic mass is 32.2. The molecule has 1 aromatic heterocycles. The second-order valence-electron chi connectivity index (χ2n) is 9.14. The number of carbonyl (C=O) groups excluding carboxylic acids is 1. The molecular formula is C23H32F2N2O4S2. The number of aryl methyl sites for hydroxylation is 1. The van der Waals surface area contributed by atoms with Crippen molar-refractivity contribution in [3.63, 3.8) is 0 Å². The number of nitrogens with zero attached hydrogens (tertiary/aromatic N) is 1. The van der Waals surface area contributed by atoms with Crippen LogP contribution in [0, 0.1) is 6.92 Å². The van der Waals surface area contributed by atoms with E-state index in [1.807, 2.05) is 27.7 Å². The van der Waals surface area contributed by atoms with E-state index in [-0.39, 0.29) is 28.2 Å². The van der Waals surface area contributed by atoms with Gasteiger partial charge in [0.15, 0.2) is 9.92 Å². The Kier molecular flexibility index (Phi) is 8.43. The zero-order chi connectivity index (χ0) is 25.3. The summed E-state index contributed by atoms with van der Waals surface area (Å²) in [7, 11) is -3.52. The minimum absolute atomic E-state index is 0.0290. The molecule has 1 heterocycles. The predicted octanol–water partition coefficient (Wildman–Crippen LogP) is 5.60. The van der Waals surface area contributed by atoms with E-state index in [1.54, 1.807) is 26.8 Å². The van der Waals surface area contributed by atoms with Gasteiger partial charge >= 0.3 is 6.61 Å². The molecule has 0 saturated heterocycles. The van der Waals surface area contributed by atoms with Crippen molar-refractivity contribution in [1.82, 2.24) is 0 Å². The van der Waals surface area contributed by atoms with E-state index in [1.165, 1.54) is 12.1 Å². The van der Waals surface area contributed by atoms with Crippen LogP contribution in [0.3, 0.4) is 0 Å². The fourth-order valence-corrected chi connectivity index (χ4v) is 6.23. The fraction of sp³-hybridized carbons (Fsp3) is 0.522. The van der Waals surface area contributed by atoms with E-state index in [4.69, 9.17) is 5.14 Å². The SMILES string of the molecule is Cc1cc(S(N)(=O)=NC(=O)Cc2c(C(C)C)cc(OC(F)F)cc2C(C)C)sc1C(C)(C)O. The minimum Gasteiger partial charge on any atom is -0.435 e. The number of nitrogens with two attached hydrogens (primary N) is 1. The number of carbonyl (C=O) groups is 1. The average molecular weight is 503 g/mol. The molecule has 6 nitrogen and oxygen atoms in total. The third-order valence-corrected chi connectivity index (χ3v) is 8.55. The number of amides is 1. The number of rotatable bonds is 8. The lowest BCUT2D eigenvalue weighted by atomic mass is 9.86. The van der Waals surface area contributed by atoms with Crippen molar-refractivity contribution in [1.29, 1.82) is 0 Å². The standard InChI is InChI=1S/C23H32F2N2O4S2/c1-12(2)16-9-15(31-22(24)25)10-17(13(3)4)18(16)11-19(28)27-33(26,30)20-8-14(5)21(32-20)23(6,7)29/h8-10,12-13,22,29H,11H2,1-7H3,(H2,26,27,28,30). The summed E-state index contributed by atoms with van der Waals surface area (Å²) in [6.45, 7) is 9.56. The molecule has 10 heteroatoms. The molecule has 0 bridgehead atoms. The topological polar surface area (TPSA) is 102 Å². The van der Waals surface area contributed by atoms with E-state index >= 15 is 0 Å². The Morgan fingerprint density at radius 2 is 1.70 bits per heavy atom. The van der Waals surface area contributed by atoms with E-state index < -0.39 is 28.0 Å². The fourth-order valence-electron chi connectivity index (χ4n) is 3.68. The predicted molar refractivity (Wildman–Crippen MR) is 127 cm³/mol. The minimum atomic E-state index is -3.52. The van der Waals surface area contributed by atoms with Crippen LogP contribution in [0.5, 0.6) is 5.75 Å². The van der Waals surface area contributed by atoms with Crippen LogP contribution in [0.1, 0.15) is 80.5 Å². The molecule has 0 aliphatic rings. The lowest BCUT2D eigenvalue weighted by Gasteiger charge is -2.21. The molecule has 0 aliphatic carbocycles. The van der Waals surface area contributed by atoms with Gasteiger partial charge in [0.2, 0.25) is 0 Å². The first-order chi connectivity index (χ1) is 15.0. The van der Waals surface area contributed by atoms with Gasteiger partial charge in [0.1, 0.15) is 9.96 Å². The van der Waals surface area contributed by atoms with Gasteiger partial charge in [-0.3, -0.25) is 4.79 Å². The third-order valence-electron chi connectivity index (χ3n) is 5.07. The lowest BCUT2D eigenvalue weighted by Crippen LogP contribution is -2.16. The number of thiophene rings is 1. The van der Waals surface area contributed by atoms with Crippen molar-refractivity contribution in [2.45, 2.75) is 83.1 Å². The number of aliphatic hydroxyl groups is 1. The smallest absolute Gasteiger partial charge is 0.387 e. The highest BCUT2D eigenvalue weighted by Crippen LogP contribution is 2.35. The Morgan fingerprint density at radius 3 is 2.09 bits per heavy atom. The van der Waals surface area contributed by atoms with Gasteiger partial charge in [-0.1, -0.05) is 27.7 Å². The van der Waals surface area contributed by atoms with Crippen molar-refractivity contribution in [3.05, 3.63) is 45.3 Å². The molecule has 2 aromatic rings. The van der Waals surface area contributed by atoms with Crippen LogP contribution in [-0.2, 0) is 26.7 Å². The molecule has 0 spiro atoms. The summed E-state index contributed by atoms with van der Waals surface area (Å²) < 4.78 is 47.3. The molecule has 0 fully saturated rings. The maximum Gasteiger partial charge on any atom is 0.387 e. The summed E-state index contributed by atoms with van der Waals surface area (Å²) in [5.74, 6) is -0.808. The monoisotopic (exact) mass is 502 g/mol. The van der Waals surface area contributed by atoms with Crippen LogP contribution in [0.4, 0.5) is 8.78 Å². The molecule has 184 valence electrons. The Balaban J connectivity index is 2.51. The van der Waals surface area contributed by atoms with Crippen molar-refractivity contribution < 1.29 is 27.6 Å². The molecule has 1 atom stereocenters. The van der Waals surface area contributed by atoms with Gasteiger partial charge in [-0.25, -0.2) is 9.35 Å². The Labute approximate surface area is 198 Å². The van der Waals surface area contributed by atoms with E-state index in [9.17, 15) is 22.9 Å². The Hall–Kier alpha value is -1.88. The van der Waals surface area contributed by atoms with Crippen LogP contribution in [0.2, 0.25) is 0 Å². The van der Waals surface area contributed by atoms with Crippen LogP contribution < -0.4 is 9.88 Å². The highest BCUT2D eigenvalue weighted by Gasteiger charge is 2.25. The molecule has 0 radical (unpaired) electrons. The zero-order valence-electron chi connectivity index (χ0n) is 19.9. The summed E-state index contributed by atoms with van der Waals surface area (Å²) in [6, 6.07) is 4.58. The Bertz CT molecular complexity index is 1110. The van der Waals surface area contributed by atoms with Crippen LogP contribution in [0.15, 0.2) is 26.8 Å². The molecule has 33 heavy (non-hydrogen) atoms. The normalized spacial score (nSPS) is 14.1. The molecule has 1 aromatic carbocycles. The molecule has 1 amide bonds. The van der Waals surface area contributed by atoms with Crippen molar-refractivity contribution in [2.24, 2.45) is 9.50 Å². The average Bonchev–Trinajstić information content (AvgIpc) is 3.04. The molecule has 3 N–H and O–H groups in total. The number of hydrogen-bond acceptors (Lipinski definition) is 5. The molecule has 0 aliphatic heterocycles. The molecule has 2 rings (SSSR count). The number of halogens is 2. The second kappa shape index (κ2) is 10.2. The Morgan fingerprint density at radius 1 is 1.18 bits per heavy atom.